The van der Waals surface area contributed by atoms with Gasteiger partial charge in [0.05, 0.1) is 18.8 Å². The number of likely N-dealkylation sites (N-methyl/N-ethyl adjacent to an activating group) is 1. The maximum Gasteiger partial charge on any atom is 0.222 e. The highest BCUT2D eigenvalue weighted by molar-refractivity contribution is 5.76. The molecule has 0 aromatic carbocycles. The van der Waals surface area contributed by atoms with Gasteiger partial charge >= 0.3 is 0 Å². The Morgan fingerprint density at radius 2 is 2.31 bits per heavy atom. The molecule has 4 heteroatoms. The Labute approximate surface area is 97.6 Å². The lowest BCUT2D eigenvalue weighted by Crippen LogP contribution is -2.37. The van der Waals surface area contributed by atoms with Crippen LogP contribution in [-0.2, 0) is 9.53 Å². The summed E-state index contributed by atoms with van der Waals surface area (Å²) in [6, 6.07) is -0.0974. The Hall–Kier alpha value is -0.610. The van der Waals surface area contributed by atoms with E-state index in [1.165, 1.54) is 6.42 Å². The van der Waals surface area contributed by atoms with Crippen LogP contribution in [0.5, 0.6) is 0 Å². The van der Waals surface area contributed by atoms with E-state index in [4.69, 9.17) is 9.84 Å². The molecule has 1 saturated heterocycles. The van der Waals surface area contributed by atoms with Crippen LogP contribution in [0.2, 0.25) is 0 Å². The average Bonchev–Trinajstić information content (AvgIpc) is 2.35. The predicted molar refractivity (Wildman–Crippen MR) is 62.1 cm³/mol. The van der Waals surface area contributed by atoms with Crippen LogP contribution in [0.4, 0.5) is 0 Å². The molecule has 1 amide bonds. The van der Waals surface area contributed by atoms with Gasteiger partial charge in [0, 0.05) is 20.1 Å². The molecule has 0 radical (unpaired) electrons. The second-order valence-corrected chi connectivity index (χ2v) is 4.56. The molecule has 0 bridgehead atoms. The summed E-state index contributed by atoms with van der Waals surface area (Å²) >= 11 is 0. The van der Waals surface area contributed by atoms with Crippen LogP contribution in [0.25, 0.3) is 0 Å². The van der Waals surface area contributed by atoms with E-state index in [0.717, 1.165) is 25.9 Å². The van der Waals surface area contributed by atoms with Crippen molar-refractivity contribution in [1.82, 2.24) is 4.90 Å². The Morgan fingerprint density at radius 3 is 2.88 bits per heavy atom. The van der Waals surface area contributed by atoms with E-state index >= 15 is 0 Å². The first kappa shape index (κ1) is 13.5. The molecule has 0 saturated carbocycles. The molecule has 2 atom stereocenters. The predicted octanol–water partition coefficient (Wildman–Crippen LogP) is 1.17. The summed E-state index contributed by atoms with van der Waals surface area (Å²) in [5.74, 6) is 0.0933. The van der Waals surface area contributed by atoms with Gasteiger partial charge in [-0.25, -0.2) is 0 Å². The number of nitrogens with zero attached hydrogens (tertiary/aromatic N) is 1. The number of rotatable bonds is 5. The molecule has 1 fully saturated rings. The summed E-state index contributed by atoms with van der Waals surface area (Å²) in [7, 11) is 1.74. The quantitative estimate of drug-likeness (QED) is 0.770. The summed E-state index contributed by atoms with van der Waals surface area (Å²) < 4.78 is 5.57. The largest absolute Gasteiger partial charge is 0.394 e. The molecule has 1 aliphatic rings. The number of amides is 1. The number of carbonyl (C=O) groups is 1. The zero-order valence-electron chi connectivity index (χ0n) is 10.3. The van der Waals surface area contributed by atoms with Crippen molar-refractivity contribution in [3.05, 3.63) is 0 Å². The van der Waals surface area contributed by atoms with Gasteiger partial charge in [-0.15, -0.1) is 0 Å². The summed E-state index contributed by atoms with van der Waals surface area (Å²) in [6.07, 6.45) is 5.02. The van der Waals surface area contributed by atoms with Crippen LogP contribution in [0.1, 0.15) is 39.0 Å². The van der Waals surface area contributed by atoms with E-state index < -0.39 is 0 Å². The summed E-state index contributed by atoms with van der Waals surface area (Å²) in [5.41, 5.74) is 0. The fourth-order valence-corrected chi connectivity index (χ4v) is 1.86. The number of hydrogen-bond donors (Lipinski definition) is 1. The van der Waals surface area contributed by atoms with Crippen LogP contribution in [0, 0.1) is 0 Å². The van der Waals surface area contributed by atoms with Crippen molar-refractivity contribution in [3.63, 3.8) is 0 Å². The monoisotopic (exact) mass is 229 g/mol. The van der Waals surface area contributed by atoms with E-state index in [1.807, 2.05) is 6.92 Å². The van der Waals surface area contributed by atoms with E-state index in [-0.39, 0.29) is 24.7 Å². The molecular formula is C12H23NO3. The molecule has 1 heterocycles. The standard InChI is InChI=1S/C12H23NO3/c1-10(9-14)13(2)12(15)7-6-11-5-3-4-8-16-11/h10-11,14H,3-9H2,1-2H3. The Balaban J connectivity index is 2.23. The van der Waals surface area contributed by atoms with Gasteiger partial charge in [0.25, 0.3) is 0 Å². The maximum absolute atomic E-state index is 11.7. The van der Waals surface area contributed by atoms with Crippen LogP contribution in [0.15, 0.2) is 0 Å². The molecule has 1 N–H and O–H groups in total. The van der Waals surface area contributed by atoms with Crippen molar-refractivity contribution in [2.75, 3.05) is 20.3 Å². The SMILES string of the molecule is CC(CO)N(C)C(=O)CCC1CCCCO1. The zero-order valence-corrected chi connectivity index (χ0v) is 10.3. The van der Waals surface area contributed by atoms with Gasteiger partial charge in [-0.3, -0.25) is 4.79 Å². The molecule has 0 aromatic heterocycles. The Morgan fingerprint density at radius 1 is 1.56 bits per heavy atom. The molecule has 16 heavy (non-hydrogen) atoms. The fraction of sp³-hybridized carbons (Fsp3) is 0.917. The van der Waals surface area contributed by atoms with Gasteiger partial charge < -0.3 is 14.7 Å². The maximum atomic E-state index is 11.7. The average molecular weight is 229 g/mol. The minimum absolute atomic E-state index is 0.0160. The van der Waals surface area contributed by atoms with Crippen LogP contribution in [-0.4, -0.2) is 48.3 Å². The minimum atomic E-state index is -0.0974. The third kappa shape index (κ3) is 4.10. The van der Waals surface area contributed by atoms with Gasteiger partial charge in [-0.05, 0) is 32.6 Å². The summed E-state index contributed by atoms with van der Waals surface area (Å²) in [5, 5.41) is 8.95. The second-order valence-electron chi connectivity index (χ2n) is 4.56. The van der Waals surface area contributed by atoms with Gasteiger partial charge in [-0.2, -0.15) is 0 Å². The van der Waals surface area contributed by atoms with Crippen LogP contribution >= 0.6 is 0 Å². The summed E-state index contributed by atoms with van der Waals surface area (Å²) in [6.45, 7) is 2.69. The molecule has 4 nitrogen and oxygen atoms in total. The third-order valence-electron chi connectivity index (χ3n) is 3.27. The van der Waals surface area contributed by atoms with E-state index in [9.17, 15) is 4.79 Å². The first-order valence-corrected chi connectivity index (χ1v) is 6.13. The fourth-order valence-electron chi connectivity index (χ4n) is 1.86. The normalized spacial score (nSPS) is 22.8. The number of aliphatic hydroxyl groups excluding tert-OH is 1. The lowest BCUT2D eigenvalue weighted by Gasteiger charge is -2.26. The molecule has 1 aliphatic heterocycles. The minimum Gasteiger partial charge on any atom is -0.394 e. The molecule has 1 rings (SSSR count). The number of ether oxygens (including phenoxy) is 1. The lowest BCUT2D eigenvalue weighted by atomic mass is 10.0. The number of hydrogen-bond acceptors (Lipinski definition) is 3. The highest BCUT2D eigenvalue weighted by atomic mass is 16.5. The van der Waals surface area contributed by atoms with Crippen LogP contribution in [0.3, 0.4) is 0 Å². The van der Waals surface area contributed by atoms with Gasteiger partial charge in [0.2, 0.25) is 5.91 Å². The Kier molecular flexibility index (Phi) is 5.77. The first-order chi connectivity index (χ1) is 7.65. The van der Waals surface area contributed by atoms with Crippen molar-refractivity contribution in [2.45, 2.75) is 51.2 Å². The molecule has 94 valence electrons. The van der Waals surface area contributed by atoms with Crippen LogP contribution < -0.4 is 0 Å². The highest BCUT2D eigenvalue weighted by Crippen LogP contribution is 2.17. The van der Waals surface area contributed by atoms with Crippen molar-refractivity contribution >= 4 is 5.91 Å². The van der Waals surface area contributed by atoms with E-state index in [1.54, 1.807) is 11.9 Å². The Bertz CT molecular complexity index is 214. The highest BCUT2D eigenvalue weighted by Gasteiger charge is 2.18. The molecule has 0 aliphatic carbocycles. The van der Waals surface area contributed by atoms with Crippen molar-refractivity contribution in [2.24, 2.45) is 0 Å². The van der Waals surface area contributed by atoms with Crippen molar-refractivity contribution in [3.8, 4) is 0 Å². The third-order valence-corrected chi connectivity index (χ3v) is 3.27. The lowest BCUT2D eigenvalue weighted by molar-refractivity contribution is -0.133. The van der Waals surface area contributed by atoms with Gasteiger partial charge in [-0.1, -0.05) is 0 Å². The van der Waals surface area contributed by atoms with Gasteiger partial charge in [0.15, 0.2) is 0 Å². The first-order valence-electron chi connectivity index (χ1n) is 6.13. The van der Waals surface area contributed by atoms with E-state index in [0.29, 0.717) is 6.42 Å². The van der Waals surface area contributed by atoms with Crippen molar-refractivity contribution < 1.29 is 14.6 Å². The summed E-state index contributed by atoms with van der Waals surface area (Å²) in [4.78, 5) is 13.4. The topological polar surface area (TPSA) is 49.8 Å². The molecule has 2 unspecified atom stereocenters. The van der Waals surface area contributed by atoms with Crippen molar-refractivity contribution in [1.29, 1.82) is 0 Å². The smallest absolute Gasteiger partial charge is 0.222 e. The number of carbonyl (C=O) groups excluding carboxylic acids is 1. The molecule has 0 aromatic rings. The van der Waals surface area contributed by atoms with E-state index in [2.05, 4.69) is 0 Å². The molecular weight excluding hydrogens is 206 g/mol. The molecule has 0 spiro atoms. The number of aliphatic hydroxyl groups is 1. The van der Waals surface area contributed by atoms with Gasteiger partial charge in [0.1, 0.15) is 0 Å². The second kappa shape index (κ2) is 6.86. The zero-order chi connectivity index (χ0) is 12.0.